The number of methoxy groups -OCH3 is 1. The summed E-state index contributed by atoms with van der Waals surface area (Å²) in [6, 6.07) is 14.1. The predicted molar refractivity (Wildman–Crippen MR) is 140 cm³/mol. The number of piperidine rings is 1. The van der Waals surface area contributed by atoms with Crippen molar-refractivity contribution in [3.63, 3.8) is 0 Å². The number of Topliss-reactive ketones (excluding diaryl/α,β-unsaturated/α-hetero) is 1. The fraction of sp³-hybridized carbons (Fsp3) is 0.414. The molecule has 9 heteroatoms. The normalized spacial score (nSPS) is 17.1. The van der Waals surface area contributed by atoms with Gasteiger partial charge in [-0.1, -0.05) is 30.3 Å². The molecular weight excluding hydrogens is 486 g/mol. The lowest BCUT2D eigenvalue weighted by molar-refractivity contribution is -0.146. The fourth-order valence-electron chi connectivity index (χ4n) is 5.24. The molecule has 2 aliphatic rings. The number of carbonyl (C=O) groups is 5. The first-order valence-corrected chi connectivity index (χ1v) is 12.8. The average Bonchev–Trinajstić information content (AvgIpc) is 3.36. The Morgan fingerprint density at radius 2 is 1.42 bits per heavy atom. The second-order valence-corrected chi connectivity index (χ2v) is 10.1. The van der Waals surface area contributed by atoms with E-state index in [2.05, 4.69) is 5.32 Å². The highest BCUT2D eigenvalue weighted by molar-refractivity contribution is 5.98. The van der Waals surface area contributed by atoms with Gasteiger partial charge in [-0.15, -0.1) is 0 Å². The maximum Gasteiger partial charge on any atom is 0.328 e. The Kier molecular flexibility index (Phi) is 8.24. The van der Waals surface area contributed by atoms with Crippen molar-refractivity contribution in [3.8, 4) is 0 Å². The number of hydrogen-bond acceptors (Lipinski definition) is 6. The Labute approximate surface area is 222 Å². The van der Waals surface area contributed by atoms with E-state index in [4.69, 9.17) is 4.74 Å². The molecule has 4 rings (SSSR count). The van der Waals surface area contributed by atoms with Crippen LogP contribution in [0.1, 0.15) is 63.7 Å². The minimum atomic E-state index is -1.08. The molecule has 1 spiro atoms. The van der Waals surface area contributed by atoms with Crippen LogP contribution in [0.3, 0.4) is 0 Å². The Morgan fingerprint density at radius 3 is 2.00 bits per heavy atom. The van der Waals surface area contributed by atoms with Crippen LogP contribution in [0, 0.1) is 5.41 Å². The highest BCUT2D eigenvalue weighted by Gasteiger charge is 2.43. The van der Waals surface area contributed by atoms with Crippen LogP contribution in [0.2, 0.25) is 0 Å². The van der Waals surface area contributed by atoms with Gasteiger partial charge in [0.2, 0.25) is 5.91 Å². The smallest absolute Gasteiger partial charge is 0.328 e. The lowest BCUT2D eigenvalue weighted by Gasteiger charge is -2.39. The summed E-state index contributed by atoms with van der Waals surface area (Å²) in [4.78, 5) is 66.1. The monoisotopic (exact) mass is 519 g/mol. The van der Waals surface area contributed by atoms with E-state index in [-0.39, 0.29) is 29.4 Å². The van der Waals surface area contributed by atoms with Crippen LogP contribution in [-0.2, 0) is 14.3 Å². The van der Waals surface area contributed by atoms with Gasteiger partial charge in [0, 0.05) is 42.9 Å². The summed E-state index contributed by atoms with van der Waals surface area (Å²) in [5, 5.41) is 2.63. The maximum atomic E-state index is 13.1. The maximum absolute atomic E-state index is 13.1. The van der Waals surface area contributed by atoms with E-state index in [1.54, 1.807) is 59.5 Å². The lowest BCUT2D eigenvalue weighted by atomic mass is 9.77. The highest BCUT2D eigenvalue weighted by atomic mass is 16.5. The molecule has 0 radical (unpaired) electrons. The van der Waals surface area contributed by atoms with E-state index in [0.717, 1.165) is 19.3 Å². The third-order valence-corrected chi connectivity index (χ3v) is 7.65. The number of rotatable bonds is 7. The van der Waals surface area contributed by atoms with Gasteiger partial charge in [0.25, 0.3) is 11.8 Å². The Morgan fingerprint density at radius 1 is 0.842 bits per heavy atom. The van der Waals surface area contributed by atoms with E-state index in [0.29, 0.717) is 42.9 Å². The second kappa shape index (κ2) is 11.6. The van der Waals surface area contributed by atoms with Crippen molar-refractivity contribution in [2.45, 2.75) is 38.6 Å². The number of carbonyl (C=O) groups excluding carboxylic acids is 5. The third kappa shape index (κ3) is 6.10. The summed E-state index contributed by atoms with van der Waals surface area (Å²) in [5.74, 6) is -1.43. The molecule has 2 aliphatic heterocycles. The number of esters is 1. The summed E-state index contributed by atoms with van der Waals surface area (Å²) >= 11 is 0. The number of nitrogens with zero attached hydrogens (tertiary/aromatic N) is 2. The zero-order valence-electron chi connectivity index (χ0n) is 21.8. The molecule has 2 saturated heterocycles. The quantitative estimate of drug-likeness (QED) is 0.445. The number of amides is 3. The molecular formula is C29H33N3O6. The van der Waals surface area contributed by atoms with Crippen LogP contribution in [-0.4, -0.2) is 78.6 Å². The van der Waals surface area contributed by atoms with Crippen molar-refractivity contribution < 1.29 is 28.7 Å². The van der Waals surface area contributed by atoms with Gasteiger partial charge >= 0.3 is 5.97 Å². The molecule has 0 aromatic heterocycles. The molecule has 200 valence electrons. The van der Waals surface area contributed by atoms with E-state index in [1.165, 1.54) is 14.0 Å². The van der Waals surface area contributed by atoms with Crippen LogP contribution in [0.5, 0.6) is 0 Å². The SMILES string of the molecule is COC(=O)C(CC(=O)N1CCC2(CCN(C(=O)c3ccc(C(C)=O)cc3)CC2)C1)NC(=O)c1ccccc1. The van der Waals surface area contributed by atoms with E-state index < -0.39 is 17.9 Å². The minimum absolute atomic E-state index is 0.0410. The Hall–Kier alpha value is -4.01. The van der Waals surface area contributed by atoms with Gasteiger partial charge in [0.1, 0.15) is 6.04 Å². The number of ketones is 1. The summed E-state index contributed by atoms with van der Waals surface area (Å²) < 4.78 is 4.83. The highest BCUT2D eigenvalue weighted by Crippen LogP contribution is 2.40. The standard InChI is InChI=1S/C29H33N3O6/c1-20(33)21-8-10-23(11-9-21)27(36)31-15-12-29(13-16-31)14-17-32(19-29)25(34)18-24(28(37)38-2)30-26(35)22-6-4-3-5-7-22/h3-11,24H,12-19H2,1-2H3,(H,30,35). The van der Waals surface area contributed by atoms with Crippen LogP contribution < -0.4 is 5.32 Å². The number of likely N-dealkylation sites (tertiary alicyclic amines) is 2. The van der Waals surface area contributed by atoms with Gasteiger partial charge in [-0.25, -0.2) is 4.79 Å². The average molecular weight is 520 g/mol. The van der Waals surface area contributed by atoms with Crippen molar-refractivity contribution in [1.82, 2.24) is 15.1 Å². The van der Waals surface area contributed by atoms with Gasteiger partial charge in [-0.05, 0) is 55.9 Å². The van der Waals surface area contributed by atoms with Crippen LogP contribution in [0.25, 0.3) is 0 Å². The number of benzene rings is 2. The fourth-order valence-corrected chi connectivity index (χ4v) is 5.24. The molecule has 2 aromatic carbocycles. The summed E-state index contributed by atoms with van der Waals surface area (Å²) in [6.45, 7) is 3.80. The molecule has 0 bridgehead atoms. The van der Waals surface area contributed by atoms with Crippen LogP contribution in [0.4, 0.5) is 0 Å². The van der Waals surface area contributed by atoms with Gasteiger partial charge in [-0.2, -0.15) is 0 Å². The van der Waals surface area contributed by atoms with Gasteiger partial charge in [0.05, 0.1) is 13.5 Å². The number of nitrogens with one attached hydrogen (secondary N) is 1. The van der Waals surface area contributed by atoms with Crippen LogP contribution >= 0.6 is 0 Å². The van der Waals surface area contributed by atoms with Gasteiger partial charge in [-0.3, -0.25) is 19.2 Å². The number of hydrogen-bond donors (Lipinski definition) is 1. The molecule has 1 unspecified atom stereocenters. The van der Waals surface area contributed by atoms with Crippen molar-refractivity contribution >= 4 is 29.5 Å². The van der Waals surface area contributed by atoms with E-state index in [1.807, 2.05) is 4.90 Å². The van der Waals surface area contributed by atoms with Crippen LogP contribution in [0.15, 0.2) is 54.6 Å². The van der Waals surface area contributed by atoms with E-state index >= 15 is 0 Å². The largest absolute Gasteiger partial charge is 0.467 e. The van der Waals surface area contributed by atoms with Gasteiger partial charge < -0.3 is 19.9 Å². The summed E-state index contributed by atoms with van der Waals surface area (Å²) in [7, 11) is 1.23. The molecule has 38 heavy (non-hydrogen) atoms. The van der Waals surface area contributed by atoms with Crippen molar-refractivity contribution in [2.24, 2.45) is 5.41 Å². The molecule has 1 atom stereocenters. The van der Waals surface area contributed by atoms with Crippen molar-refractivity contribution in [3.05, 3.63) is 71.3 Å². The molecule has 1 N–H and O–H groups in total. The Bertz CT molecular complexity index is 1200. The second-order valence-electron chi connectivity index (χ2n) is 10.1. The minimum Gasteiger partial charge on any atom is -0.467 e. The first-order valence-electron chi connectivity index (χ1n) is 12.8. The number of ether oxygens (including phenoxy) is 1. The third-order valence-electron chi connectivity index (χ3n) is 7.65. The summed E-state index contributed by atoms with van der Waals surface area (Å²) in [6.07, 6.45) is 2.20. The topological polar surface area (TPSA) is 113 Å². The molecule has 3 amide bonds. The summed E-state index contributed by atoms with van der Waals surface area (Å²) in [5.41, 5.74) is 1.45. The van der Waals surface area contributed by atoms with Crippen molar-refractivity contribution in [1.29, 1.82) is 0 Å². The molecule has 2 fully saturated rings. The molecule has 9 nitrogen and oxygen atoms in total. The predicted octanol–water partition coefficient (Wildman–Crippen LogP) is 2.71. The Balaban J connectivity index is 1.32. The molecule has 2 aromatic rings. The first kappa shape index (κ1) is 27.0. The zero-order chi connectivity index (χ0) is 27.3. The molecule has 0 aliphatic carbocycles. The molecule has 0 saturated carbocycles. The lowest BCUT2D eigenvalue weighted by Crippen LogP contribution is -2.47. The molecule has 2 heterocycles. The van der Waals surface area contributed by atoms with Crippen molar-refractivity contribution in [2.75, 3.05) is 33.3 Å². The first-order chi connectivity index (χ1) is 18.2. The zero-order valence-corrected chi connectivity index (χ0v) is 21.8. The van der Waals surface area contributed by atoms with Gasteiger partial charge in [0.15, 0.2) is 5.78 Å². The van der Waals surface area contributed by atoms with E-state index in [9.17, 15) is 24.0 Å².